The Balaban J connectivity index is 1.92. The van der Waals surface area contributed by atoms with E-state index in [1.807, 2.05) is 105 Å². The summed E-state index contributed by atoms with van der Waals surface area (Å²) in [5.41, 5.74) is 0. The third kappa shape index (κ3) is 2.85. The Labute approximate surface area is 139 Å². The van der Waals surface area contributed by atoms with E-state index >= 15 is 0 Å². The van der Waals surface area contributed by atoms with E-state index in [2.05, 4.69) is 15.0 Å². The second-order valence-electron chi connectivity index (χ2n) is 5.08. The molecule has 6 heteroatoms. The highest BCUT2D eigenvalue weighted by Gasteiger charge is 2.25. The average Bonchev–Trinajstić information content (AvgIpc) is 2.70. The quantitative estimate of drug-likeness (QED) is 0.523. The standard InChI is InChI=1S/C18H15N6/c1-4-10-22(11-5-1)16-19-17(23-12-6-2-7-13-23)21-18(20-16)24-14-8-3-9-15-24/h1-15H/q+3. The van der Waals surface area contributed by atoms with Crippen molar-refractivity contribution in [3.05, 3.63) is 91.8 Å². The van der Waals surface area contributed by atoms with Crippen LogP contribution in [0.3, 0.4) is 0 Å². The summed E-state index contributed by atoms with van der Waals surface area (Å²) in [6.45, 7) is 0. The second kappa shape index (κ2) is 6.29. The minimum atomic E-state index is 0.559. The Bertz CT molecular complexity index is 803. The molecule has 0 saturated carbocycles. The number of hydrogen-bond donors (Lipinski definition) is 0. The van der Waals surface area contributed by atoms with Gasteiger partial charge >= 0.3 is 17.8 Å². The summed E-state index contributed by atoms with van der Waals surface area (Å²) in [6.07, 6.45) is 11.5. The zero-order chi connectivity index (χ0) is 16.2. The van der Waals surface area contributed by atoms with Gasteiger partial charge in [-0.15, -0.1) is 0 Å². The van der Waals surface area contributed by atoms with Crippen LogP contribution in [0.25, 0.3) is 17.8 Å². The molecule has 0 amide bonds. The second-order valence-corrected chi connectivity index (χ2v) is 5.08. The maximum Gasteiger partial charge on any atom is 0.449 e. The zero-order valence-electron chi connectivity index (χ0n) is 12.8. The lowest BCUT2D eigenvalue weighted by Crippen LogP contribution is -2.42. The van der Waals surface area contributed by atoms with Gasteiger partial charge in [-0.05, 0) is 36.4 Å². The molecule has 4 aromatic rings. The Morgan fingerprint density at radius 3 is 0.875 bits per heavy atom. The molecular weight excluding hydrogens is 300 g/mol. The van der Waals surface area contributed by atoms with Crippen LogP contribution < -0.4 is 13.7 Å². The fourth-order valence-corrected chi connectivity index (χ4v) is 2.29. The Kier molecular flexibility index (Phi) is 3.69. The van der Waals surface area contributed by atoms with Crippen LogP contribution in [0, 0.1) is 0 Å². The molecular formula is C18H15N6+3. The fraction of sp³-hybridized carbons (Fsp3) is 0. The molecule has 24 heavy (non-hydrogen) atoms. The predicted molar refractivity (Wildman–Crippen MR) is 84.4 cm³/mol. The molecule has 0 aliphatic rings. The highest BCUT2D eigenvalue weighted by Crippen LogP contribution is 1.97. The molecule has 0 aliphatic carbocycles. The monoisotopic (exact) mass is 315 g/mol. The Morgan fingerprint density at radius 1 is 0.375 bits per heavy atom. The summed E-state index contributed by atoms with van der Waals surface area (Å²) < 4.78 is 5.59. The maximum absolute atomic E-state index is 4.59. The van der Waals surface area contributed by atoms with Crippen molar-refractivity contribution >= 4 is 0 Å². The minimum Gasteiger partial charge on any atom is -0.206 e. The fourth-order valence-electron chi connectivity index (χ4n) is 2.29. The molecule has 0 aromatic carbocycles. The number of rotatable bonds is 3. The van der Waals surface area contributed by atoms with Crippen LogP contribution in [0.2, 0.25) is 0 Å². The van der Waals surface area contributed by atoms with Crippen LogP contribution in [0.15, 0.2) is 91.8 Å². The average molecular weight is 315 g/mol. The van der Waals surface area contributed by atoms with Gasteiger partial charge in [0.1, 0.15) is 0 Å². The van der Waals surface area contributed by atoms with Gasteiger partial charge in [-0.1, -0.05) is 18.2 Å². The van der Waals surface area contributed by atoms with Gasteiger partial charge in [0.15, 0.2) is 0 Å². The molecule has 0 unspecified atom stereocenters. The smallest absolute Gasteiger partial charge is 0.206 e. The van der Waals surface area contributed by atoms with Crippen LogP contribution in [0.4, 0.5) is 0 Å². The lowest BCUT2D eigenvalue weighted by molar-refractivity contribution is -0.629. The lowest BCUT2D eigenvalue weighted by atomic mass is 10.5. The van der Waals surface area contributed by atoms with E-state index in [0.717, 1.165) is 0 Å². The molecule has 4 rings (SSSR count). The summed E-state index contributed by atoms with van der Waals surface area (Å²) in [7, 11) is 0. The van der Waals surface area contributed by atoms with Crippen molar-refractivity contribution in [1.29, 1.82) is 0 Å². The minimum absolute atomic E-state index is 0.559. The summed E-state index contributed by atoms with van der Waals surface area (Å²) in [4.78, 5) is 13.8. The van der Waals surface area contributed by atoms with Gasteiger partial charge in [0.2, 0.25) is 0 Å². The van der Waals surface area contributed by atoms with Crippen molar-refractivity contribution in [2.45, 2.75) is 0 Å². The van der Waals surface area contributed by atoms with E-state index in [1.54, 1.807) is 0 Å². The maximum atomic E-state index is 4.59. The molecule has 0 bridgehead atoms. The predicted octanol–water partition coefficient (Wildman–Crippen LogP) is 0.702. The van der Waals surface area contributed by atoms with Crippen molar-refractivity contribution in [3.63, 3.8) is 0 Å². The lowest BCUT2D eigenvalue weighted by Gasteiger charge is -1.99. The SMILES string of the molecule is c1cc[n+](-c2nc(-[n+]3ccccc3)nc(-[n+]3ccccc3)n2)cc1. The molecule has 0 aliphatic heterocycles. The first kappa shape index (κ1) is 14.1. The molecule has 4 aromatic heterocycles. The van der Waals surface area contributed by atoms with Crippen LogP contribution in [0.1, 0.15) is 0 Å². The van der Waals surface area contributed by atoms with Gasteiger partial charge in [0, 0.05) is 15.0 Å². The number of nitrogens with zero attached hydrogens (tertiary/aromatic N) is 6. The first-order valence-electron chi connectivity index (χ1n) is 7.56. The molecule has 114 valence electrons. The Hall–Kier alpha value is -3.54. The third-order valence-corrected chi connectivity index (χ3v) is 3.44. The van der Waals surface area contributed by atoms with E-state index in [0.29, 0.717) is 17.8 Å². The summed E-state index contributed by atoms with van der Waals surface area (Å²) in [5.74, 6) is 1.68. The van der Waals surface area contributed by atoms with Crippen molar-refractivity contribution in [2.75, 3.05) is 0 Å². The van der Waals surface area contributed by atoms with Crippen molar-refractivity contribution in [1.82, 2.24) is 15.0 Å². The first-order chi connectivity index (χ1) is 11.9. The van der Waals surface area contributed by atoms with Gasteiger partial charge < -0.3 is 0 Å². The molecule has 0 atom stereocenters. The largest absolute Gasteiger partial charge is 0.449 e. The van der Waals surface area contributed by atoms with Gasteiger partial charge in [0.25, 0.3) is 0 Å². The highest BCUT2D eigenvalue weighted by molar-refractivity contribution is 5.10. The first-order valence-corrected chi connectivity index (χ1v) is 7.56. The highest BCUT2D eigenvalue weighted by atomic mass is 15.3. The molecule has 0 fully saturated rings. The molecule has 0 radical (unpaired) electrons. The summed E-state index contributed by atoms with van der Waals surface area (Å²) >= 11 is 0. The topological polar surface area (TPSA) is 50.3 Å². The number of hydrogen-bond acceptors (Lipinski definition) is 3. The Morgan fingerprint density at radius 2 is 0.625 bits per heavy atom. The zero-order valence-corrected chi connectivity index (χ0v) is 12.8. The molecule has 0 N–H and O–H groups in total. The van der Waals surface area contributed by atoms with Crippen LogP contribution in [-0.2, 0) is 0 Å². The van der Waals surface area contributed by atoms with E-state index < -0.39 is 0 Å². The van der Waals surface area contributed by atoms with Gasteiger partial charge in [0.05, 0.1) is 37.2 Å². The molecule has 0 spiro atoms. The third-order valence-electron chi connectivity index (χ3n) is 3.44. The molecule has 6 nitrogen and oxygen atoms in total. The molecule has 4 heterocycles. The normalized spacial score (nSPS) is 10.5. The van der Waals surface area contributed by atoms with Crippen LogP contribution in [-0.4, -0.2) is 15.0 Å². The molecule has 0 saturated heterocycles. The number of pyridine rings is 3. The number of aromatic nitrogens is 6. The van der Waals surface area contributed by atoms with Crippen LogP contribution in [0.5, 0.6) is 0 Å². The van der Waals surface area contributed by atoms with Gasteiger partial charge in [-0.3, -0.25) is 0 Å². The van der Waals surface area contributed by atoms with Crippen LogP contribution >= 0.6 is 0 Å². The van der Waals surface area contributed by atoms with Crippen molar-refractivity contribution < 1.29 is 13.7 Å². The van der Waals surface area contributed by atoms with E-state index in [-0.39, 0.29) is 0 Å². The van der Waals surface area contributed by atoms with Crippen molar-refractivity contribution in [3.8, 4) is 17.8 Å². The van der Waals surface area contributed by atoms with Crippen molar-refractivity contribution in [2.24, 2.45) is 0 Å². The summed E-state index contributed by atoms with van der Waals surface area (Å²) in [6, 6.07) is 17.5. The summed E-state index contributed by atoms with van der Waals surface area (Å²) in [5, 5.41) is 0. The van der Waals surface area contributed by atoms with Gasteiger partial charge in [-0.25, -0.2) is 13.7 Å². The van der Waals surface area contributed by atoms with E-state index in [4.69, 9.17) is 0 Å². The van der Waals surface area contributed by atoms with E-state index in [1.165, 1.54) is 0 Å². The van der Waals surface area contributed by atoms with E-state index in [9.17, 15) is 0 Å². The van der Waals surface area contributed by atoms with Gasteiger partial charge in [-0.2, -0.15) is 0 Å².